The Morgan fingerprint density at radius 1 is 1.29 bits per heavy atom. The molecule has 1 atom stereocenters. The summed E-state index contributed by atoms with van der Waals surface area (Å²) in [5.74, 6) is -1.28. The zero-order valence-electron chi connectivity index (χ0n) is 16.6. The zero-order chi connectivity index (χ0) is 20.3. The first-order valence-electron chi connectivity index (χ1n) is 9.79. The average Bonchev–Trinajstić information content (AvgIpc) is 2.94. The van der Waals surface area contributed by atoms with Crippen LogP contribution < -0.4 is 5.32 Å². The lowest BCUT2D eigenvalue weighted by molar-refractivity contribution is -0.119. The second-order valence-electron chi connectivity index (χ2n) is 7.47. The molecule has 1 amide bonds. The Hall–Kier alpha value is -1.89. The van der Waals surface area contributed by atoms with Crippen molar-refractivity contribution < 1.29 is 13.6 Å². The Morgan fingerprint density at radius 2 is 2.00 bits per heavy atom. The number of nitrogens with one attached hydrogen (secondary N) is 1. The third kappa shape index (κ3) is 4.74. The molecule has 1 unspecified atom stereocenters. The quantitative estimate of drug-likeness (QED) is 0.665. The van der Waals surface area contributed by atoms with Gasteiger partial charge in [-0.05, 0) is 39.7 Å². The smallest absolute Gasteiger partial charge is 0.230 e. The van der Waals surface area contributed by atoms with Gasteiger partial charge in [-0.25, -0.2) is 13.8 Å². The molecule has 4 nitrogen and oxygen atoms in total. The summed E-state index contributed by atoms with van der Waals surface area (Å²) in [4.78, 5) is 17.1. The largest absolute Gasteiger partial charge is 0.349 e. The van der Waals surface area contributed by atoms with Crippen LogP contribution in [0.3, 0.4) is 0 Å². The summed E-state index contributed by atoms with van der Waals surface area (Å²) in [7, 11) is 0. The van der Waals surface area contributed by atoms with Crippen LogP contribution in [0.5, 0.6) is 0 Å². The Morgan fingerprint density at radius 3 is 2.68 bits per heavy atom. The highest BCUT2D eigenvalue weighted by Gasteiger charge is 2.23. The van der Waals surface area contributed by atoms with E-state index in [1.165, 1.54) is 43.2 Å². The van der Waals surface area contributed by atoms with E-state index < -0.39 is 17.7 Å². The van der Waals surface area contributed by atoms with Gasteiger partial charge in [-0.15, -0.1) is 0 Å². The van der Waals surface area contributed by atoms with E-state index in [1.807, 2.05) is 6.92 Å². The molecular weight excluding hydrogens is 380 g/mol. The first-order chi connectivity index (χ1) is 13.4. The number of amides is 1. The summed E-state index contributed by atoms with van der Waals surface area (Å²) < 4.78 is 29.3. The van der Waals surface area contributed by atoms with Gasteiger partial charge in [0.25, 0.3) is 0 Å². The maximum Gasteiger partial charge on any atom is 0.230 e. The number of aromatic nitrogens is 2. The second-order valence-corrected chi connectivity index (χ2v) is 8.41. The molecule has 152 valence electrons. The topological polar surface area (TPSA) is 46.9 Å². The lowest BCUT2D eigenvalue weighted by Crippen LogP contribution is -2.29. The lowest BCUT2D eigenvalue weighted by atomic mass is 9.95. The van der Waals surface area contributed by atoms with Gasteiger partial charge in [0.05, 0.1) is 17.5 Å². The van der Waals surface area contributed by atoms with E-state index in [4.69, 9.17) is 0 Å². The lowest BCUT2D eigenvalue weighted by Gasteiger charge is -2.26. The van der Waals surface area contributed by atoms with Crippen LogP contribution in [0.1, 0.15) is 68.1 Å². The predicted molar refractivity (Wildman–Crippen MR) is 107 cm³/mol. The SMILES string of the molecule is Cc1nc(SCC(=O)NC(C)c2ccc(F)cc2F)n(C2CCCCC2)c1C. The van der Waals surface area contributed by atoms with Crippen LogP contribution in [0.25, 0.3) is 0 Å². The van der Waals surface area contributed by atoms with Gasteiger partial charge < -0.3 is 9.88 Å². The molecule has 1 saturated carbocycles. The van der Waals surface area contributed by atoms with Crippen molar-refractivity contribution >= 4 is 17.7 Å². The zero-order valence-corrected chi connectivity index (χ0v) is 17.4. The summed E-state index contributed by atoms with van der Waals surface area (Å²) in [5.41, 5.74) is 2.43. The molecule has 1 aliphatic rings. The maximum atomic E-state index is 13.9. The van der Waals surface area contributed by atoms with Gasteiger partial charge in [0, 0.05) is 23.4 Å². The van der Waals surface area contributed by atoms with Gasteiger partial charge in [-0.1, -0.05) is 37.1 Å². The van der Waals surface area contributed by atoms with Gasteiger partial charge in [0.1, 0.15) is 11.6 Å². The normalized spacial score (nSPS) is 16.2. The first kappa shape index (κ1) is 20.8. The number of aryl methyl sites for hydroxylation is 1. The third-order valence-corrected chi connectivity index (χ3v) is 6.39. The second kappa shape index (κ2) is 9.07. The van der Waals surface area contributed by atoms with E-state index in [9.17, 15) is 13.6 Å². The molecule has 0 radical (unpaired) electrons. The van der Waals surface area contributed by atoms with Crippen LogP contribution in [0.2, 0.25) is 0 Å². The third-order valence-electron chi connectivity index (χ3n) is 5.43. The van der Waals surface area contributed by atoms with E-state index in [2.05, 4.69) is 21.8 Å². The minimum absolute atomic E-state index is 0.199. The number of hydrogen-bond acceptors (Lipinski definition) is 3. The molecule has 1 aliphatic carbocycles. The number of rotatable bonds is 6. The molecular formula is C21H27F2N3OS. The van der Waals surface area contributed by atoms with Crippen molar-refractivity contribution in [3.05, 3.63) is 46.8 Å². The number of hydrogen-bond donors (Lipinski definition) is 1. The van der Waals surface area contributed by atoms with Crippen molar-refractivity contribution in [3.63, 3.8) is 0 Å². The molecule has 0 aliphatic heterocycles. The molecule has 0 spiro atoms. The summed E-state index contributed by atoms with van der Waals surface area (Å²) in [6.45, 7) is 5.77. The van der Waals surface area contributed by atoms with E-state index in [1.54, 1.807) is 6.92 Å². The number of carbonyl (C=O) groups is 1. The van der Waals surface area contributed by atoms with Gasteiger partial charge in [0.2, 0.25) is 5.91 Å². The highest BCUT2D eigenvalue weighted by Crippen LogP contribution is 2.34. The molecule has 1 aromatic carbocycles. The molecule has 0 saturated heterocycles. The van der Waals surface area contributed by atoms with Crippen molar-refractivity contribution in [3.8, 4) is 0 Å². The van der Waals surface area contributed by atoms with Gasteiger partial charge in [0.15, 0.2) is 5.16 Å². The summed E-state index contributed by atoms with van der Waals surface area (Å²) in [6.07, 6.45) is 6.04. The van der Waals surface area contributed by atoms with E-state index in [0.717, 1.165) is 35.5 Å². The minimum atomic E-state index is -0.653. The molecule has 0 bridgehead atoms. The van der Waals surface area contributed by atoms with E-state index >= 15 is 0 Å². The van der Waals surface area contributed by atoms with Crippen LogP contribution in [0.4, 0.5) is 8.78 Å². The van der Waals surface area contributed by atoms with Crippen molar-refractivity contribution in [2.24, 2.45) is 0 Å². The average molecular weight is 408 g/mol. The molecule has 7 heteroatoms. The van der Waals surface area contributed by atoms with Crippen molar-refractivity contribution in [2.75, 3.05) is 5.75 Å². The van der Waals surface area contributed by atoms with Crippen molar-refractivity contribution in [1.82, 2.24) is 14.9 Å². The number of benzene rings is 1. The highest BCUT2D eigenvalue weighted by molar-refractivity contribution is 7.99. The minimum Gasteiger partial charge on any atom is -0.349 e. The first-order valence-corrected chi connectivity index (χ1v) is 10.8. The van der Waals surface area contributed by atoms with E-state index in [0.29, 0.717) is 6.04 Å². The monoisotopic (exact) mass is 407 g/mol. The molecule has 1 aromatic heterocycles. The van der Waals surface area contributed by atoms with Crippen LogP contribution in [0.15, 0.2) is 23.4 Å². The Kier molecular flexibility index (Phi) is 6.75. The van der Waals surface area contributed by atoms with Crippen molar-refractivity contribution in [2.45, 2.75) is 70.1 Å². The Labute approximate surface area is 169 Å². The number of carbonyl (C=O) groups excluding carboxylic acids is 1. The van der Waals surface area contributed by atoms with Crippen LogP contribution in [-0.2, 0) is 4.79 Å². The molecule has 1 heterocycles. The standard InChI is InChI=1S/C21H27F2N3OS/c1-13-15(3)26(17-7-5-4-6-8-17)21(25-13)28-12-20(27)24-14(2)18-10-9-16(22)11-19(18)23/h9-11,14,17H,4-8,12H2,1-3H3,(H,24,27). The summed E-state index contributed by atoms with van der Waals surface area (Å²) in [6, 6.07) is 3.32. The molecule has 1 N–H and O–H groups in total. The van der Waals surface area contributed by atoms with E-state index in [-0.39, 0.29) is 17.2 Å². The molecule has 1 fully saturated rings. The predicted octanol–water partition coefficient (Wildman–Crippen LogP) is 5.25. The van der Waals surface area contributed by atoms with Gasteiger partial charge in [-0.2, -0.15) is 0 Å². The molecule has 2 aromatic rings. The van der Waals surface area contributed by atoms with Gasteiger partial charge >= 0.3 is 0 Å². The van der Waals surface area contributed by atoms with Crippen LogP contribution >= 0.6 is 11.8 Å². The highest BCUT2D eigenvalue weighted by atomic mass is 32.2. The summed E-state index contributed by atoms with van der Waals surface area (Å²) in [5, 5.41) is 3.66. The number of thioether (sulfide) groups is 1. The Bertz CT molecular complexity index is 846. The fraction of sp³-hybridized carbons (Fsp3) is 0.524. The fourth-order valence-corrected chi connectivity index (χ4v) is 4.78. The molecule has 28 heavy (non-hydrogen) atoms. The summed E-state index contributed by atoms with van der Waals surface area (Å²) >= 11 is 1.41. The van der Waals surface area contributed by atoms with Crippen LogP contribution in [-0.4, -0.2) is 21.2 Å². The molecule has 3 rings (SSSR count). The number of halogens is 2. The van der Waals surface area contributed by atoms with Crippen LogP contribution in [0, 0.1) is 25.5 Å². The maximum absolute atomic E-state index is 13.9. The fourth-order valence-electron chi connectivity index (χ4n) is 3.81. The Balaban J connectivity index is 1.63. The number of imidazole rings is 1. The number of nitrogens with zero attached hydrogens (tertiary/aromatic N) is 2. The van der Waals surface area contributed by atoms with Gasteiger partial charge in [-0.3, -0.25) is 4.79 Å². The van der Waals surface area contributed by atoms with Crippen molar-refractivity contribution in [1.29, 1.82) is 0 Å².